The van der Waals surface area contributed by atoms with Crippen molar-refractivity contribution in [1.82, 2.24) is 0 Å². The van der Waals surface area contributed by atoms with Gasteiger partial charge in [-0.15, -0.1) is 0 Å². The Morgan fingerprint density at radius 2 is 0.978 bits per heavy atom. The van der Waals surface area contributed by atoms with Crippen LogP contribution in [0.15, 0.2) is 84.5 Å². The molecule has 0 fully saturated rings. The van der Waals surface area contributed by atoms with Gasteiger partial charge in [-0.25, -0.2) is 9.13 Å². The van der Waals surface area contributed by atoms with Gasteiger partial charge in [0.15, 0.2) is 37.9 Å². The molecule has 8 nitrogen and oxygen atoms in total. The maximum Gasteiger partial charge on any atom is 0.331 e. The first kappa shape index (κ1) is 33.8. The minimum absolute atomic E-state index is 0.207. The number of aromatic nitrogens is 2. The average Bonchev–Trinajstić information content (AvgIpc) is 3.05. The number of aryl methyl sites for hydroxylation is 2. The molecular weight excluding hydrogens is 618 g/mol. The zero-order valence-electron chi connectivity index (χ0n) is 25.8. The summed E-state index contributed by atoms with van der Waals surface area (Å²) >= 11 is 0. The third-order valence-electron chi connectivity index (χ3n) is 8.16. The highest BCUT2D eigenvalue weighted by atomic mass is 31.2. The van der Waals surface area contributed by atoms with Crippen LogP contribution in [0.2, 0.25) is 0 Å². The van der Waals surface area contributed by atoms with Gasteiger partial charge in [0.25, 0.3) is 0 Å². The van der Waals surface area contributed by atoms with E-state index >= 15 is 0 Å². The van der Waals surface area contributed by atoms with E-state index in [1.807, 2.05) is 49.1 Å². The molecule has 0 spiro atoms. The number of benzene rings is 1. The molecule has 5 rings (SSSR count). The average molecular weight is 659 g/mol. The lowest BCUT2D eigenvalue weighted by atomic mass is 9.90. The molecule has 3 aromatic rings. The van der Waals surface area contributed by atoms with E-state index in [9.17, 15) is 28.7 Å². The van der Waals surface area contributed by atoms with Crippen molar-refractivity contribution in [1.29, 1.82) is 0 Å². The molecule has 0 atom stereocenters. The third kappa shape index (κ3) is 10.2. The summed E-state index contributed by atoms with van der Waals surface area (Å²) in [6.07, 6.45) is 19.9. The number of hydrogen-bond donors (Lipinski definition) is 4. The van der Waals surface area contributed by atoms with E-state index in [2.05, 4.69) is 48.0 Å². The minimum Gasteiger partial charge on any atom is -0.324 e. The van der Waals surface area contributed by atoms with Gasteiger partial charge in [0.1, 0.15) is 12.3 Å². The highest BCUT2D eigenvalue weighted by Crippen LogP contribution is 2.35. The molecule has 2 aliphatic rings. The van der Waals surface area contributed by atoms with Crippen LogP contribution >= 0.6 is 15.2 Å². The van der Waals surface area contributed by atoms with Crippen LogP contribution < -0.4 is 9.13 Å². The first-order valence-corrected chi connectivity index (χ1v) is 19.3. The molecule has 0 amide bonds. The molecule has 0 saturated carbocycles. The fraction of sp³-hybridized carbons (Fsp3) is 0.333. The highest BCUT2D eigenvalue weighted by Gasteiger charge is 2.19. The van der Waals surface area contributed by atoms with Gasteiger partial charge in [0.05, 0.1) is 0 Å². The highest BCUT2D eigenvalue weighted by molar-refractivity contribution is 7.51. The molecule has 4 N–H and O–H groups in total. The Morgan fingerprint density at radius 1 is 0.587 bits per heavy atom. The van der Waals surface area contributed by atoms with Crippen molar-refractivity contribution in [2.75, 3.05) is 12.3 Å². The first-order chi connectivity index (χ1) is 22.0. The zero-order valence-corrected chi connectivity index (χ0v) is 27.6. The van der Waals surface area contributed by atoms with E-state index in [-0.39, 0.29) is 25.4 Å². The summed E-state index contributed by atoms with van der Waals surface area (Å²) in [7, 11) is -8.22. The number of allylic oxidation sites excluding steroid dienone is 4. The van der Waals surface area contributed by atoms with Crippen LogP contribution in [-0.4, -0.2) is 31.9 Å². The van der Waals surface area contributed by atoms with Crippen LogP contribution in [0.25, 0.3) is 22.3 Å². The number of nitrogens with zero attached hydrogens (tertiary/aromatic N) is 2. The Morgan fingerprint density at radius 3 is 1.30 bits per heavy atom. The van der Waals surface area contributed by atoms with Gasteiger partial charge in [-0.3, -0.25) is 9.13 Å². The lowest BCUT2D eigenvalue weighted by Gasteiger charge is -2.12. The smallest absolute Gasteiger partial charge is 0.324 e. The number of rotatable bonds is 8. The van der Waals surface area contributed by atoms with Crippen molar-refractivity contribution in [2.45, 2.75) is 64.5 Å². The van der Waals surface area contributed by atoms with Crippen LogP contribution in [0.5, 0.6) is 0 Å². The maximum atomic E-state index is 11.4. The van der Waals surface area contributed by atoms with Gasteiger partial charge < -0.3 is 19.6 Å². The summed E-state index contributed by atoms with van der Waals surface area (Å²) < 4.78 is 26.3. The second kappa shape index (κ2) is 15.3. The molecule has 46 heavy (non-hydrogen) atoms. The molecular formula is C36H40N2O6P2+2. The second-order valence-electron chi connectivity index (χ2n) is 11.8. The van der Waals surface area contributed by atoms with E-state index in [0.29, 0.717) is 0 Å². The van der Waals surface area contributed by atoms with E-state index in [1.54, 1.807) is 9.13 Å². The van der Waals surface area contributed by atoms with Crippen molar-refractivity contribution in [3.05, 3.63) is 95.6 Å². The predicted molar refractivity (Wildman–Crippen MR) is 178 cm³/mol. The zero-order chi connectivity index (χ0) is 32.6. The maximum absolute atomic E-state index is 11.4. The summed E-state index contributed by atoms with van der Waals surface area (Å²) in [5, 5.41) is 0. The summed E-state index contributed by atoms with van der Waals surface area (Å²) in [4.78, 5) is 37.2. The molecule has 0 aliphatic heterocycles. The van der Waals surface area contributed by atoms with Crippen LogP contribution in [-0.2, 0) is 22.2 Å². The van der Waals surface area contributed by atoms with Crippen molar-refractivity contribution >= 4 is 15.2 Å². The van der Waals surface area contributed by atoms with Crippen LogP contribution in [0.1, 0.15) is 62.5 Å². The van der Waals surface area contributed by atoms with E-state index < -0.39 is 15.2 Å². The van der Waals surface area contributed by atoms with Gasteiger partial charge in [-0.2, -0.15) is 0 Å². The fourth-order valence-electron chi connectivity index (χ4n) is 5.55. The molecule has 238 valence electrons. The minimum atomic E-state index is -4.11. The van der Waals surface area contributed by atoms with Gasteiger partial charge in [-0.05, 0) is 96.9 Å². The SMILES string of the molecule is O=P(O)(O)CC[n+]1ccc(-c2cc(C#CC3=CCCCC3)c(-c3cc[n+](CCP(=O)(O)O)cc3)cc2C#CC2=CCCCC2)cc1. The van der Waals surface area contributed by atoms with Gasteiger partial charge in [-0.1, -0.05) is 35.8 Å². The molecule has 2 aliphatic carbocycles. The molecule has 0 saturated heterocycles. The molecule has 0 radical (unpaired) electrons. The van der Waals surface area contributed by atoms with Crippen LogP contribution in [0, 0.1) is 23.7 Å². The summed E-state index contributed by atoms with van der Waals surface area (Å²) in [6.45, 7) is 0.413. The number of pyridine rings is 2. The lowest BCUT2D eigenvalue weighted by Crippen LogP contribution is -2.34. The Bertz CT molecular complexity index is 1710. The van der Waals surface area contributed by atoms with Gasteiger partial charge in [0, 0.05) is 35.4 Å². The van der Waals surface area contributed by atoms with E-state index in [1.165, 1.54) is 12.8 Å². The molecule has 2 heterocycles. The van der Waals surface area contributed by atoms with Crippen LogP contribution in [0.3, 0.4) is 0 Å². The Kier molecular flexibility index (Phi) is 11.3. The molecule has 1 aromatic carbocycles. The van der Waals surface area contributed by atoms with Crippen molar-refractivity contribution in [2.24, 2.45) is 0 Å². The molecule has 0 bridgehead atoms. The summed E-state index contributed by atoms with van der Waals surface area (Å²) in [5.41, 5.74) is 7.65. The van der Waals surface area contributed by atoms with Gasteiger partial charge in [0.2, 0.25) is 0 Å². The van der Waals surface area contributed by atoms with Gasteiger partial charge >= 0.3 is 15.2 Å². The number of hydrogen-bond acceptors (Lipinski definition) is 2. The standard InChI is InChI=1S/C36H38N2O6P2/c39-45(40,41)25-23-37-19-15-31(16-20-37)35-28-34(14-12-30-9-5-2-6-10-30)36(27-33(35)13-11-29-7-3-1-4-8-29)32-17-21-38(22-18-32)24-26-46(42,43)44/h7,9,15-22,27-28H,1-6,8,10,23-26H2,(H2-2,39,40,41,42,43,44)/p+2. The third-order valence-corrected chi connectivity index (χ3v) is 9.72. The topological polar surface area (TPSA) is 123 Å². The predicted octanol–water partition coefficient (Wildman–Crippen LogP) is 5.65. The summed E-state index contributed by atoms with van der Waals surface area (Å²) in [6, 6.07) is 11.9. The van der Waals surface area contributed by atoms with E-state index in [0.717, 1.165) is 83.1 Å². The first-order valence-electron chi connectivity index (χ1n) is 15.7. The second-order valence-corrected chi connectivity index (χ2v) is 15.4. The Hall–Kier alpha value is -3.58. The van der Waals surface area contributed by atoms with Crippen molar-refractivity contribution in [3.8, 4) is 45.9 Å². The molecule has 2 aromatic heterocycles. The fourth-order valence-corrected chi connectivity index (χ4v) is 6.53. The van der Waals surface area contributed by atoms with Crippen molar-refractivity contribution < 1.29 is 37.8 Å². The monoisotopic (exact) mass is 658 g/mol. The Labute approximate surface area is 270 Å². The summed E-state index contributed by atoms with van der Waals surface area (Å²) in [5.74, 6) is 13.7. The van der Waals surface area contributed by atoms with Crippen molar-refractivity contribution in [3.63, 3.8) is 0 Å². The molecule has 0 unspecified atom stereocenters. The quantitative estimate of drug-likeness (QED) is 0.141. The Balaban J connectivity index is 1.60. The van der Waals surface area contributed by atoms with E-state index in [4.69, 9.17) is 0 Å². The molecule has 10 heteroatoms. The van der Waals surface area contributed by atoms with Crippen LogP contribution in [0.4, 0.5) is 0 Å². The lowest BCUT2D eigenvalue weighted by molar-refractivity contribution is -0.692. The normalized spacial score (nSPS) is 15.1. The largest absolute Gasteiger partial charge is 0.331 e.